The van der Waals surface area contributed by atoms with E-state index in [1.165, 1.54) is 11.1 Å². The molecule has 0 unspecified atom stereocenters. The lowest BCUT2D eigenvalue weighted by molar-refractivity contribution is 0.266. The SMILES string of the molecule is CC(C)(CNc1cnn(CCO)c(=O)c1Cl)c1cccs1. The molecule has 0 aliphatic heterocycles. The Balaban J connectivity index is 2.14. The van der Waals surface area contributed by atoms with Gasteiger partial charge < -0.3 is 10.4 Å². The van der Waals surface area contributed by atoms with Crippen molar-refractivity contribution >= 4 is 28.6 Å². The van der Waals surface area contributed by atoms with E-state index < -0.39 is 5.56 Å². The van der Waals surface area contributed by atoms with Gasteiger partial charge in [0, 0.05) is 16.8 Å². The molecule has 0 aromatic carbocycles. The molecule has 2 heterocycles. The molecule has 0 radical (unpaired) electrons. The maximum absolute atomic E-state index is 12.0. The summed E-state index contributed by atoms with van der Waals surface area (Å²) in [7, 11) is 0. The average Bonchev–Trinajstić information content (AvgIpc) is 2.98. The van der Waals surface area contributed by atoms with Crippen LogP contribution < -0.4 is 10.9 Å². The fraction of sp³-hybridized carbons (Fsp3) is 0.429. The summed E-state index contributed by atoms with van der Waals surface area (Å²) in [6, 6.07) is 4.11. The van der Waals surface area contributed by atoms with Crippen LogP contribution in [0.2, 0.25) is 5.02 Å². The van der Waals surface area contributed by atoms with Gasteiger partial charge in [-0.3, -0.25) is 4.79 Å². The molecule has 5 nitrogen and oxygen atoms in total. The van der Waals surface area contributed by atoms with E-state index in [0.29, 0.717) is 12.2 Å². The van der Waals surface area contributed by atoms with Crippen LogP contribution in [0.25, 0.3) is 0 Å². The number of nitrogens with one attached hydrogen (secondary N) is 1. The maximum Gasteiger partial charge on any atom is 0.287 e. The zero-order valence-electron chi connectivity index (χ0n) is 12.0. The van der Waals surface area contributed by atoms with Crippen LogP contribution in [-0.2, 0) is 12.0 Å². The summed E-state index contributed by atoms with van der Waals surface area (Å²) in [5.41, 5.74) is 0.0439. The largest absolute Gasteiger partial charge is 0.394 e. The summed E-state index contributed by atoms with van der Waals surface area (Å²) in [4.78, 5) is 13.2. The second-order valence-electron chi connectivity index (χ2n) is 5.34. The van der Waals surface area contributed by atoms with E-state index in [0.717, 1.165) is 4.68 Å². The molecule has 0 bridgehead atoms. The van der Waals surface area contributed by atoms with Crippen molar-refractivity contribution in [1.82, 2.24) is 9.78 Å². The van der Waals surface area contributed by atoms with E-state index in [1.807, 2.05) is 11.4 Å². The van der Waals surface area contributed by atoms with Crippen molar-refractivity contribution in [2.45, 2.75) is 25.8 Å². The lowest BCUT2D eigenvalue weighted by Crippen LogP contribution is -2.29. The van der Waals surface area contributed by atoms with Crippen molar-refractivity contribution in [3.05, 3.63) is 44.0 Å². The number of thiophene rings is 1. The summed E-state index contributed by atoms with van der Waals surface area (Å²) >= 11 is 7.77. The summed E-state index contributed by atoms with van der Waals surface area (Å²) in [5, 5.41) is 18.2. The molecule has 0 saturated heterocycles. The number of halogens is 1. The number of hydrogen-bond donors (Lipinski definition) is 2. The summed E-state index contributed by atoms with van der Waals surface area (Å²) in [6.07, 6.45) is 1.52. The van der Waals surface area contributed by atoms with Gasteiger partial charge >= 0.3 is 0 Å². The molecule has 0 saturated carbocycles. The van der Waals surface area contributed by atoms with Crippen molar-refractivity contribution in [2.75, 3.05) is 18.5 Å². The monoisotopic (exact) mass is 327 g/mol. The molecule has 2 aromatic heterocycles. The minimum Gasteiger partial charge on any atom is -0.394 e. The standard InChI is InChI=1S/C14H18ClN3O2S/c1-14(2,11-4-3-7-21-11)9-16-10-8-17-18(5-6-19)13(20)12(10)15/h3-4,7-8,16,19H,5-6,9H2,1-2H3. The van der Waals surface area contributed by atoms with Crippen LogP contribution in [-0.4, -0.2) is 28.0 Å². The Bertz CT molecular complexity index is 653. The number of anilines is 1. The molecule has 2 N–H and O–H groups in total. The molecular formula is C14H18ClN3O2S. The van der Waals surface area contributed by atoms with Crippen molar-refractivity contribution < 1.29 is 5.11 Å². The van der Waals surface area contributed by atoms with Gasteiger partial charge in [-0.05, 0) is 11.4 Å². The zero-order valence-corrected chi connectivity index (χ0v) is 13.5. The molecule has 0 atom stereocenters. The maximum atomic E-state index is 12.0. The lowest BCUT2D eigenvalue weighted by Gasteiger charge is -2.24. The van der Waals surface area contributed by atoms with Crippen molar-refractivity contribution in [3.63, 3.8) is 0 Å². The number of aromatic nitrogens is 2. The van der Waals surface area contributed by atoms with E-state index >= 15 is 0 Å². The Morgan fingerprint density at radius 3 is 2.90 bits per heavy atom. The molecular weight excluding hydrogens is 310 g/mol. The highest BCUT2D eigenvalue weighted by molar-refractivity contribution is 7.10. The smallest absolute Gasteiger partial charge is 0.287 e. The first-order chi connectivity index (χ1) is 9.95. The van der Waals surface area contributed by atoms with Crippen LogP contribution in [0.1, 0.15) is 18.7 Å². The van der Waals surface area contributed by atoms with E-state index in [4.69, 9.17) is 16.7 Å². The third-order valence-corrected chi connectivity index (χ3v) is 4.81. The second-order valence-corrected chi connectivity index (χ2v) is 6.66. The van der Waals surface area contributed by atoms with Gasteiger partial charge in [0.1, 0.15) is 5.02 Å². The van der Waals surface area contributed by atoms with Gasteiger partial charge in [0.15, 0.2) is 0 Å². The highest BCUT2D eigenvalue weighted by Crippen LogP contribution is 2.28. The minimum atomic E-state index is -0.398. The fourth-order valence-corrected chi connectivity index (χ4v) is 2.97. The normalized spacial score (nSPS) is 11.6. The van der Waals surface area contributed by atoms with Crippen LogP contribution in [0.15, 0.2) is 28.5 Å². The van der Waals surface area contributed by atoms with Gasteiger partial charge in [0.25, 0.3) is 5.56 Å². The summed E-state index contributed by atoms with van der Waals surface area (Å²) in [5.74, 6) is 0. The molecule has 114 valence electrons. The van der Waals surface area contributed by atoms with E-state index in [2.05, 4.69) is 30.3 Å². The predicted molar refractivity (Wildman–Crippen MR) is 86.4 cm³/mol. The van der Waals surface area contributed by atoms with Gasteiger partial charge in [-0.2, -0.15) is 5.10 Å². The predicted octanol–water partition coefficient (Wildman–Crippen LogP) is 2.34. The van der Waals surface area contributed by atoms with Crippen molar-refractivity contribution in [1.29, 1.82) is 0 Å². The topological polar surface area (TPSA) is 67.2 Å². The molecule has 0 aliphatic carbocycles. The van der Waals surface area contributed by atoms with Crippen LogP contribution in [0.4, 0.5) is 5.69 Å². The highest BCUT2D eigenvalue weighted by Gasteiger charge is 2.22. The molecule has 0 fully saturated rings. The zero-order chi connectivity index (χ0) is 15.5. The average molecular weight is 328 g/mol. The molecule has 0 amide bonds. The number of hydrogen-bond acceptors (Lipinski definition) is 5. The summed E-state index contributed by atoms with van der Waals surface area (Å²) < 4.78 is 1.15. The quantitative estimate of drug-likeness (QED) is 0.854. The van der Waals surface area contributed by atoms with Crippen LogP contribution in [0.5, 0.6) is 0 Å². The number of aliphatic hydroxyl groups is 1. The van der Waals surface area contributed by atoms with Crippen LogP contribution in [0.3, 0.4) is 0 Å². The number of aliphatic hydroxyl groups excluding tert-OH is 1. The Morgan fingerprint density at radius 1 is 1.52 bits per heavy atom. The summed E-state index contributed by atoms with van der Waals surface area (Å²) in [6.45, 7) is 4.87. The van der Waals surface area contributed by atoms with Crippen molar-refractivity contribution in [2.24, 2.45) is 0 Å². The molecule has 21 heavy (non-hydrogen) atoms. The molecule has 0 spiro atoms. The Labute approximate surface area is 132 Å². The minimum absolute atomic E-state index is 0.0720. The molecule has 7 heteroatoms. The third kappa shape index (κ3) is 3.64. The highest BCUT2D eigenvalue weighted by atomic mass is 35.5. The Hall–Kier alpha value is -1.37. The molecule has 0 aliphatic rings. The number of nitrogens with zero attached hydrogens (tertiary/aromatic N) is 2. The van der Waals surface area contributed by atoms with Gasteiger partial charge in [-0.15, -0.1) is 11.3 Å². The van der Waals surface area contributed by atoms with Gasteiger partial charge in [-0.1, -0.05) is 31.5 Å². The first-order valence-electron chi connectivity index (χ1n) is 6.60. The number of rotatable bonds is 6. The van der Waals surface area contributed by atoms with Gasteiger partial charge in [0.2, 0.25) is 0 Å². The van der Waals surface area contributed by atoms with E-state index in [9.17, 15) is 4.79 Å². The third-order valence-electron chi connectivity index (χ3n) is 3.21. The molecule has 2 rings (SSSR count). The van der Waals surface area contributed by atoms with Crippen molar-refractivity contribution in [3.8, 4) is 0 Å². The first-order valence-corrected chi connectivity index (χ1v) is 7.86. The van der Waals surface area contributed by atoms with E-state index in [-0.39, 0.29) is 23.6 Å². The van der Waals surface area contributed by atoms with Gasteiger partial charge in [0.05, 0.1) is 25.0 Å². The fourth-order valence-electron chi connectivity index (χ4n) is 1.91. The van der Waals surface area contributed by atoms with Gasteiger partial charge in [-0.25, -0.2) is 4.68 Å². The van der Waals surface area contributed by atoms with Crippen LogP contribution >= 0.6 is 22.9 Å². The molecule has 2 aromatic rings. The Morgan fingerprint density at radius 2 is 2.29 bits per heavy atom. The Kier molecular flexibility index (Phi) is 5.03. The van der Waals surface area contributed by atoms with E-state index in [1.54, 1.807) is 11.3 Å². The lowest BCUT2D eigenvalue weighted by atomic mass is 9.91. The second kappa shape index (κ2) is 6.60. The first kappa shape index (κ1) is 16.0. The van der Waals surface area contributed by atoms with Crippen LogP contribution in [0, 0.1) is 0 Å².